The predicted octanol–water partition coefficient (Wildman–Crippen LogP) is 5.40. The number of fused-ring (bicyclic) bond motifs is 1. The first kappa shape index (κ1) is 24.3. The van der Waals surface area contributed by atoms with E-state index in [1.807, 2.05) is 30.3 Å². The maximum atomic E-state index is 12.7. The highest BCUT2D eigenvalue weighted by Gasteiger charge is 2.23. The fourth-order valence-electron chi connectivity index (χ4n) is 3.29. The van der Waals surface area contributed by atoms with Crippen molar-refractivity contribution in [2.24, 2.45) is 0 Å². The summed E-state index contributed by atoms with van der Waals surface area (Å²) in [5.41, 5.74) is 1.45. The summed E-state index contributed by atoms with van der Waals surface area (Å²) in [4.78, 5) is 36.8. The van der Waals surface area contributed by atoms with Gasteiger partial charge in [-0.3, -0.25) is 0 Å². The zero-order chi connectivity index (χ0) is 23.8. The largest absolute Gasteiger partial charge is 0.445 e. The first-order valence-electron chi connectivity index (χ1n) is 10.9. The second kappa shape index (κ2) is 11.5. The molecule has 1 amide bonds. The molecule has 1 atom stereocenters. The molecule has 0 bridgehead atoms. The van der Waals surface area contributed by atoms with Gasteiger partial charge in [0.15, 0.2) is 5.75 Å². The normalized spacial score (nSPS) is 11.7. The average molecular weight is 472 g/mol. The Balaban J connectivity index is 1.70. The SMILES string of the molecule is CCCCc1cc(=O)oc2cc(OC(=O)[C@H](CC)NC(=O)OCc3ccccc3)c(Cl)cc12. The molecule has 0 spiro atoms. The van der Waals surface area contributed by atoms with Gasteiger partial charge in [-0.15, -0.1) is 0 Å². The standard InChI is InChI=1S/C25H26ClNO6/c1-3-5-11-17-12-23(28)32-21-14-22(19(26)13-18(17)21)33-24(29)20(4-2)27-25(30)31-15-16-9-7-6-8-10-16/h6-10,12-14,20H,3-5,11,15H2,1-2H3,(H,27,30)/t20-/m0/s1. The van der Waals surface area contributed by atoms with Crippen LogP contribution in [0.1, 0.15) is 44.2 Å². The fraction of sp³-hybridized carbons (Fsp3) is 0.320. The minimum atomic E-state index is -0.942. The van der Waals surface area contributed by atoms with Crippen LogP contribution in [-0.4, -0.2) is 18.1 Å². The van der Waals surface area contributed by atoms with Gasteiger partial charge in [0.25, 0.3) is 0 Å². The van der Waals surface area contributed by atoms with Gasteiger partial charge in [0.05, 0.1) is 5.02 Å². The Morgan fingerprint density at radius 2 is 1.88 bits per heavy atom. The number of rotatable bonds is 9. The molecule has 0 saturated heterocycles. The lowest BCUT2D eigenvalue weighted by molar-refractivity contribution is -0.136. The van der Waals surface area contributed by atoms with Gasteiger partial charge in [-0.2, -0.15) is 0 Å². The van der Waals surface area contributed by atoms with E-state index in [0.717, 1.165) is 24.0 Å². The van der Waals surface area contributed by atoms with Crippen LogP contribution in [0, 0.1) is 0 Å². The monoisotopic (exact) mass is 471 g/mol. The van der Waals surface area contributed by atoms with Gasteiger partial charge in [-0.05, 0) is 36.5 Å². The number of aryl methyl sites for hydroxylation is 1. The van der Waals surface area contributed by atoms with E-state index in [4.69, 9.17) is 25.5 Å². The summed E-state index contributed by atoms with van der Waals surface area (Å²) < 4.78 is 15.9. The van der Waals surface area contributed by atoms with Crippen LogP contribution in [0.4, 0.5) is 4.79 Å². The van der Waals surface area contributed by atoms with E-state index < -0.39 is 23.7 Å². The fourth-order valence-corrected chi connectivity index (χ4v) is 3.50. The number of hydrogen-bond donors (Lipinski definition) is 1. The maximum absolute atomic E-state index is 12.7. The van der Waals surface area contributed by atoms with E-state index in [0.29, 0.717) is 11.8 Å². The quantitative estimate of drug-likeness (QED) is 0.255. The Kier molecular flexibility index (Phi) is 8.49. The Morgan fingerprint density at radius 1 is 1.12 bits per heavy atom. The van der Waals surface area contributed by atoms with Crippen LogP contribution in [0.25, 0.3) is 11.0 Å². The molecule has 0 aliphatic rings. The molecule has 0 aliphatic carbocycles. The van der Waals surface area contributed by atoms with E-state index in [2.05, 4.69) is 12.2 Å². The number of benzene rings is 2. The molecule has 3 rings (SSSR count). The van der Waals surface area contributed by atoms with E-state index in [-0.39, 0.29) is 29.4 Å². The van der Waals surface area contributed by atoms with Gasteiger partial charge in [-0.25, -0.2) is 14.4 Å². The Labute approximate surface area is 196 Å². The molecule has 0 unspecified atom stereocenters. The maximum Gasteiger partial charge on any atom is 0.408 e. The number of amides is 1. The van der Waals surface area contributed by atoms with Crippen LogP contribution in [0.5, 0.6) is 5.75 Å². The summed E-state index contributed by atoms with van der Waals surface area (Å²) in [5, 5.41) is 3.40. The molecule has 0 radical (unpaired) electrons. The van der Waals surface area contributed by atoms with Crippen LogP contribution in [0.15, 0.2) is 57.7 Å². The predicted molar refractivity (Wildman–Crippen MR) is 126 cm³/mol. The number of halogens is 1. The van der Waals surface area contributed by atoms with Crippen LogP contribution in [0.3, 0.4) is 0 Å². The number of carbonyl (C=O) groups excluding carboxylic acids is 2. The third-order valence-corrected chi connectivity index (χ3v) is 5.39. The first-order chi connectivity index (χ1) is 15.9. The zero-order valence-corrected chi connectivity index (χ0v) is 19.3. The highest BCUT2D eigenvalue weighted by molar-refractivity contribution is 6.33. The smallest absolute Gasteiger partial charge is 0.408 e. The van der Waals surface area contributed by atoms with Crippen molar-refractivity contribution in [1.29, 1.82) is 0 Å². The molecule has 174 valence electrons. The van der Waals surface area contributed by atoms with Gasteiger partial charge in [0.2, 0.25) is 0 Å². The summed E-state index contributed by atoms with van der Waals surface area (Å²) in [5.74, 6) is -0.664. The molecular weight excluding hydrogens is 446 g/mol. The molecule has 8 heteroatoms. The molecule has 0 aliphatic heterocycles. The third-order valence-electron chi connectivity index (χ3n) is 5.09. The molecular formula is C25H26ClNO6. The molecule has 1 aromatic heterocycles. The molecule has 7 nitrogen and oxygen atoms in total. The molecule has 1 heterocycles. The van der Waals surface area contributed by atoms with Crippen molar-refractivity contribution >= 4 is 34.6 Å². The van der Waals surface area contributed by atoms with Crippen molar-refractivity contribution in [2.75, 3.05) is 0 Å². The van der Waals surface area contributed by atoms with Gasteiger partial charge >= 0.3 is 17.7 Å². The minimum absolute atomic E-state index is 0.0443. The van der Waals surface area contributed by atoms with Gasteiger partial charge in [0, 0.05) is 17.5 Å². The van der Waals surface area contributed by atoms with E-state index in [9.17, 15) is 14.4 Å². The lowest BCUT2D eigenvalue weighted by Crippen LogP contribution is -2.42. The number of esters is 1. The first-order valence-corrected chi connectivity index (χ1v) is 11.2. The molecule has 0 fully saturated rings. The number of carbonyl (C=O) groups is 2. The topological polar surface area (TPSA) is 94.8 Å². The van der Waals surface area contributed by atoms with Crippen molar-refractivity contribution in [3.05, 3.63) is 75.1 Å². The van der Waals surface area contributed by atoms with Crippen molar-refractivity contribution < 1.29 is 23.5 Å². The molecule has 0 saturated carbocycles. The van der Waals surface area contributed by atoms with Gasteiger partial charge < -0.3 is 19.2 Å². The number of ether oxygens (including phenoxy) is 2. The highest BCUT2D eigenvalue weighted by atomic mass is 35.5. The van der Waals surface area contributed by atoms with Crippen LogP contribution in [-0.2, 0) is 22.6 Å². The number of unbranched alkanes of at least 4 members (excludes halogenated alkanes) is 1. The third kappa shape index (κ3) is 6.58. The van der Waals surface area contributed by atoms with Crippen molar-refractivity contribution in [3.63, 3.8) is 0 Å². The van der Waals surface area contributed by atoms with Crippen LogP contribution in [0.2, 0.25) is 5.02 Å². The summed E-state index contributed by atoms with van der Waals surface area (Å²) in [7, 11) is 0. The summed E-state index contributed by atoms with van der Waals surface area (Å²) in [6.07, 6.45) is 2.14. The summed E-state index contributed by atoms with van der Waals surface area (Å²) in [6, 6.07) is 12.8. The van der Waals surface area contributed by atoms with Crippen LogP contribution < -0.4 is 15.7 Å². The number of hydrogen-bond acceptors (Lipinski definition) is 6. The second-order valence-corrected chi connectivity index (χ2v) is 7.97. The lowest BCUT2D eigenvalue weighted by atomic mass is 10.0. The van der Waals surface area contributed by atoms with Gasteiger partial charge in [0.1, 0.15) is 18.2 Å². The lowest BCUT2D eigenvalue weighted by Gasteiger charge is -2.16. The van der Waals surface area contributed by atoms with Crippen molar-refractivity contribution in [3.8, 4) is 5.75 Å². The second-order valence-electron chi connectivity index (χ2n) is 7.56. The molecule has 2 aromatic carbocycles. The minimum Gasteiger partial charge on any atom is -0.445 e. The Morgan fingerprint density at radius 3 is 2.58 bits per heavy atom. The highest BCUT2D eigenvalue weighted by Crippen LogP contribution is 2.32. The zero-order valence-electron chi connectivity index (χ0n) is 18.6. The van der Waals surface area contributed by atoms with E-state index in [1.165, 1.54) is 12.1 Å². The molecule has 1 N–H and O–H groups in total. The Hall–Kier alpha value is -3.32. The number of nitrogens with one attached hydrogen (secondary N) is 1. The number of alkyl carbamates (subject to hydrolysis) is 1. The van der Waals surface area contributed by atoms with Crippen molar-refractivity contribution in [1.82, 2.24) is 5.32 Å². The Bertz CT molecular complexity index is 1170. The van der Waals surface area contributed by atoms with E-state index >= 15 is 0 Å². The van der Waals surface area contributed by atoms with Crippen molar-refractivity contribution in [2.45, 2.75) is 52.2 Å². The van der Waals surface area contributed by atoms with E-state index in [1.54, 1.807) is 13.0 Å². The molecule has 3 aromatic rings. The van der Waals surface area contributed by atoms with Crippen LogP contribution >= 0.6 is 11.6 Å². The molecule has 33 heavy (non-hydrogen) atoms. The summed E-state index contributed by atoms with van der Waals surface area (Å²) in [6.45, 7) is 3.87. The van der Waals surface area contributed by atoms with Gasteiger partial charge in [-0.1, -0.05) is 62.2 Å². The average Bonchev–Trinajstić information content (AvgIpc) is 2.81. The summed E-state index contributed by atoms with van der Waals surface area (Å²) >= 11 is 6.36.